The van der Waals surface area contributed by atoms with E-state index in [-0.39, 0.29) is 18.6 Å². The first-order chi connectivity index (χ1) is 10.7. The molecule has 8 heteroatoms. The van der Waals surface area contributed by atoms with Crippen LogP contribution in [0.5, 0.6) is 5.88 Å². The predicted molar refractivity (Wildman–Crippen MR) is 74.3 cm³/mol. The summed E-state index contributed by atoms with van der Waals surface area (Å²) in [5.74, 6) is 1.11. The van der Waals surface area contributed by atoms with Crippen LogP contribution in [0.4, 0.5) is 0 Å². The molecule has 1 fully saturated rings. The number of pyridine rings is 1. The van der Waals surface area contributed by atoms with Crippen LogP contribution in [0.25, 0.3) is 0 Å². The maximum absolute atomic E-state index is 12.0. The van der Waals surface area contributed by atoms with Gasteiger partial charge in [0.25, 0.3) is 5.91 Å². The second kappa shape index (κ2) is 6.52. The number of aromatic nitrogens is 3. The minimum Gasteiger partial charge on any atom is -0.472 e. The van der Waals surface area contributed by atoms with Gasteiger partial charge >= 0.3 is 0 Å². The van der Waals surface area contributed by atoms with Gasteiger partial charge in [0.15, 0.2) is 5.82 Å². The Kier molecular flexibility index (Phi) is 4.29. The molecule has 8 nitrogen and oxygen atoms in total. The van der Waals surface area contributed by atoms with Crippen LogP contribution in [0.1, 0.15) is 28.5 Å². The van der Waals surface area contributed by atoms with Crippen LogP contribution < -0.4 is 10.1 Å². The van der Waals surface area contributed by atoms with Crippen molar-refractivity contribution < 1.29 is 18.8 Å². The molecule has 1 amide bonds. The zero-order valence-corrected chi connectivity index (χ0v) is 12.1. The number of amides is 1. The fraction of sp³-hybridized carbons (Fsp3) is 0.429. The molecule has 116 valence electrons. The number of hydrogen-bond acceptors (Lipinski definition) is 7. The van der Waals surface area contributed by atoms with Gasteiger partial charge in [-0.3, -0.25) is 4.79 Å². The molecule has 2 aromatic heterocycles. The normalized spacial score (nSPS) is 17.4. The van der Waals surface area contributed by atoms with Gasteiger partial charge in [-0.2, -0.15) is 4.98 Å². The molecule has 1 atom stereocenters. The maximum atomic E-state index is 12.0. The Bertz CT molecular complexity index is 635. The number of carbonyl (C=O) groups is 1. The quantitative estimate of drug-likeness (QED) is 0.874. The molecule has 0 aromatic carbocycles. The molecule has 0 saturated carbocycles. The summed E-state index contributed by atoms with van der Waals surface area (Å²) in [5.41, 5.74) is 0.436. The lowest BCUT2D eigenvalue weighted by Crippen LogP contribution is -2.23. The van der Waals surface area contributed by atoms with Crippen LogP contribution in [0.15, 0.2) is 22.9 Å². The van der Waals surface area contributed by atoms with Crippen molar-refractivity contribution in [2.24, 2.45) is 0 Å². The Labute approximate surface area is 126 Å². The van der Waals surface area contributed by atoms with Crippen molar-refractivity contribution in [3.63, 3.8) is 0 Å². The number of nitrogens with zero attached hydrogens (tertiary/aromatic N) is 3. The molecular formula is C14H16N4O4. The molecule has 0 aliphatic carbocycles. The Hall–Kier alpha value is -2.48. The smallest absolute Gasteiger partial charge is 0.253 e. The number of ether oxygens (including phenoxy) is 2. The third-order valence-electron chi connectivity index (χ3n) is 3.14. The highest BCUT2D eigenvalue weighted by Crippen LogP contribution is 2.14. The van der Waals surface area contributed by atoms with Crippen LogP contribution >= 0.6 is 0 Å². The van der Waals surface area contributed by atoms with E-state index in [1.165, 1.54) is 6.20 Å². The Morgan fingerprint density at radius 3 is 3.05 bits per heavy atom. The van der Waals surface area contributed by atoms with Gasteiger partial charge in [0.05, 0.1) is 25.3 Å². The zero-order chi connectivity index (χ0) is 15.4. The highest BCUT2D eigenvalue weighted by Gasteiger charge is 2.18. The van der Waals surface area contributed by atoms with E-state index in [0.717, 1.165) is 6.42 Å². The van der Waals surface area contributed by atoms with Crippen molar-refractivity contribution in [3.8, 4) is 5.88 Å². The van der Waals surface area contributed by atoms with E-state index in [1.54, 1.807) is 19.1 Å². The summed E-state index contributed by atoms with van der Waals surface area (Å²) in [7, 11) is 0. The largest absolute Gasteiger partial charge is 0.472 e. The van der Waals surface area contributed by atoms with Crippen molar-refractivity contribution in [1.82, 2.24) is 20.4 Å². The lowest BCUT2D eigenvalue weighted by molar-refractivity contribution is 0.0945. The van der Waals surface area contributed by atoms with Crippen LogP contribution in [-0.4, -0.2) is 40.3 Å². The molecule has 0 spiro atoms. The number of carbonyl (C=O) groups excluding carboxylic acids is 1. The molecular weight excluding hydrogens is 288 g/mol. The summed E-state index contributed by atoms with van der Waals surface area (Å²) in [4.78, 5) is 20.1. The summed E-state index contributed by atoms with van der Waals surface area (Å²) < 4.78 is 15.8. The fourth-order valence-electron chi connectivity index (χ4n) is 2.03. The number of aryl methyl sites for hydroxylation is 1. The minimum absolute atomic E-state index is 0.0351. The van der Waals surface area contributed by atoms with E-state index in [1.807, 2.05) is 0 Å². The SMILES string of the molecule is Cc1noc(CNC(=O)c2ccc(OC3CCOC3)nc2)n1. The maximum Gasteiger partial charge on any atom is 0.253 e. The van der Waals surface area contributed by atoms with Gasteiger partial charge in [0, 0.05) is 18.7 Å². The molecule has 1 aliphatic heterocycles. The number of rotatable bonds is 5. The van der Waals surface area contributed by atoms with Gasteiger partial charge in [-0.15, -0.1) is 0 Å². The first-order valence-corrected chi connectivity index (χ1v) is 6.98. The summed E-state index contributed by atoms with van der Waals surface area (Å²) in [6.45, 7) is 3.18. The second-order valence-electron chi connectivity index (χ2n) is 4.91. The van der Waals surface area contributed by atoms with Crippen molar-refractivity contribution in [3.05, 3.63) is 35.6 Å². The van der Waals surface area contributed by atoms with Gasteiger partial charge in [-0.05, 0) is 13.0 Å². The molecule has 0 bridgehead atoms. The third-order valence-corrected chi connectivity index (χ3v) is 3.14. The van der Waals surface area contributed by atoms with Gasteiger partial charge in [0.1, 0.15) is 6.10 Å². The van der Waals surface area contributed by atoms with E-state index < -0.39 is 0 Å². The van der Waals surface area contributed by atoms with Gasteiger partial charge < -0.3 is 19.3 Å². The molecule has 1 N–H and O–H groups in total. The molecule has 3 heterocycles. The molecule has 2 aromatic rings. The Morgan fingerprint density at radius 1 is 1.50 bits per heavy atom. The highest BCUT2D eigenvalue weighted by molar-refractivity contribution is 5.93. The van der Waals surface area contributed by atoms with E-state index in [2.05, 4.69) is 20.4 Å². The standard InChI is InChI=1S/C14H16N4O4/c1-9-17-13(22-18-9)7-16-14(19)10-2-3-12(15-6-10)21-11-4-5-20-8-11/h2-3,6,11H,4-5,7-8H2,1H3,(H,16,19). The van der Waals surface area contributed by atoms with Gasteiger partial charge in [-0.1, -0.05) is 5.16 Å². The number of hydrogen-bond donors (Lipinski definition) is 1. The second-order valence-corrected chi connectivity index (χ2v) is 4.91. The lowest BCUT2D eigenvalue weighted by Gasteiger charge is -2.10. The fourth-order valence-corrected chi connectivity index (χ4v) is 2.03. The monoisotopic (exact) mass is 304 g/mol. The first-order valence-electron chi connectivity index (χ1n) is 6.98. The van der Waals surface area contributed by atoms with Crippen LogP contribution in [0, 0.1) is 6.92 Å². The molecule has 3 rings (SSSR count). The highest BCUT2D eigenvalue weighted by atomic mass is 16.5. The number of nitrogens with one attached hydrogen (secondary N) is 1. The van der Waals surface area contributed by atoms with Crippen LogP contribution in [-0.2, 0) is 11.3 Å². The van der Waals surface area contributed by atoms with E-state index in [4.69, 9.17) is 14.0 Å². The third kappa shape index (κ3) is 3.59. The summed E-state index contributed by atoms with van der Waals surface area (Å²) in [5, 5.41) is 6.34. The molecule has 1 aliphatic rings. The molecule has 22 heavy (non-hydrogen) atoms. The first kappa shape index (κ1) is 14.5. The topological polar surface area (TPSA) is 99.4 Å². The van der Waals surface area contributed by atoms with E-state index in [9.17, 15) is 4.79 Å². The average Bonchev–Trinajstić information content (AvgIpc) is 3.17. The molecule has 1 unspecified atom stereocenters. The average molecular weight is 304 g/mol. The van der Waals surface area contributed by atoms with E-state index in [0.29, 0.717) is 36.4 Å². The van der Waals surface area contributed by atoms with Gasteiger partial charge in [0.2, 0.25) is 11.8 Å². The van der Waals surface area contributed by atoms with Crippen LogP contribution in [0.3, 0.4) is 0 Å². The molecule has 1 saturated heterocycles. The van der Waals surface area contributed by atoms with Crippen molar-refractivity contribution in [1.29, 1.82) is 0 Å². The Morgan fingerprint density at radius 2 is 2.41 bits per heavy atom. The van der Waals surface area contributed by atoms with Crippen molar-refractivity contribution >= 4 is 5.91 Å². The van der Waals surface area contributed by atoms with Gasteiger partial charge in [-0.25, -0.2) is 4.98 Å². The lowest BCUT2D eigenvalue weighted by atomic mass is 10.2. The van der Waals surface area contributed by atoms with E-state index >= 15 is 0 Å². The molecule has 0 radical (unpaired) electrons. The summed E-state index contributed by atoms with van der Waals surface area (Å²) in [6.07, 6.45) is 2.36. The van der Waals surface area contributed by atoms with Crippen LogP contribution in [0.2, 0.25) is 0 Å². The predicted octanol–water partition coefficient (Wildman–Crippen LogP) is 0.871. The van der Waals surface area contributed by atoms with Crippen molar-refractivity contribution in [2.45, 2.75) is 26.0 Å². The summed E-state index contributed by atoms with van der Waals surface area (Å²) in [6, 6.07) is 3.33. The minimum atomic E-state index is -0.265. The zero-order valence-electron chi connectivity index (χ0n) is 12.1. The summed E-state index contributed by atoms with van der Waals surface area (Å²) >= 11 is 0. The Balaban J connectivity index is 1.53. The van der Waals surface area contributed by atoms with Crippen molar-refractivity contribution in [2.75, 3.05) is 13.2 Å².